The van der Waals surface area contributed by atoms with Gasteiger partial charge in [-0.05, 0) is 54.6 Å². The summed E-state index contributed by atoms with van der Waals surface area (Å²) in [6, 6.07) is 9.28. The monoisotopic (exact) mass is 425 g/mol. The normalized spacial score (nSPS) is 15.7. The number of rotatable bonds is 5. The van der Waals surface area contributed by atoms with Gasteiger partial charge in [0, 0.05) is 10.6 Å². The maximum atomic E-state index is 14.0. The Labute approximate surface area is 169 Å². The summed E-state index contributed by atoms with van der Waals surface area (Å²) in [6.45, 7) is 2.11. The third-order valence-corrected chi connectivity index (χ3v) is 5.36. The number of hydrogen-bond acceptors (Lipinski definition) is 4. The first-order chi connectivity index (χ1) is 12.9. The molecule has 0 atom stereocenters. The molecule has 1 heterocycles. The molecule has 2 aromatic rings. The van der Waals surface area contributed by atoms with Crippen LogP contribution in [0.3, 0.4) is 0 Å². The standard InChI is InChI=1S/C19H14Cl2FNO3S/c1-2-26-16-7-6-11(8-14(16)21)9-17-18(24)23(19(25)27-17)10-12-13(20)4-3-5-15(12)22/h3-9H,2,10H2,1H3/b17-9-. The number of amides is 2. The van der Waals surface area contributed by atoms with E-state index in [1.54, 1.807) is 24.3 Å². The van der Waals surface area contributed by atoms with Crippen molar-refractivity contribution in [2.75, 3.05) is 6.61 Å². The molecule has 1 aliphatic rings. The molecule has 140 valence electrons. The Morgan fingerprint density at radius 3 is 2.63 bits per heavy atom. The predicted octanol–water partition coefficient (Wildman–Crippen LogP) is 5.77. The molecule has 0 unspecified atom stereocenters. The van der Waals surface area contributed by atoms with Crippen molar-refractivity contribution in [1.82, 2.24) is 4.90 Å². The average Bonchev–Trinajstić information content (AvgIpc) is 2.87. The van der Waals surface area contributed by atoms with E-state index < -0.39 is 17.0 Å². The molecule has 2 amide bonds. The van der Waals surface area contributed by atoms with Crippen molar-refractivity contribution in [3.8, 4) is 5.75 Å². The molecule has 1 aliphatic heterocycles. The Hall–Kier alpha value is -2.02. The first kappa shape index (κ1) is 19.7. The second-order valence-electron chi connectivity index (χ2n) is 5.59. The molecule has 0 spiro atoms. The molecule has 0 aliphatic carbocycles. The van der Waals surface area contributed by atoms with Crippen molar-refractivity contribution in [1.29, 1.82) is 0 Å². The number of nitrogens with zero attached hydrogens (tertiary/aromatic N) is 1. The van der Waals surface area contributed by atoms with Gasteiger partial charge in [0.15, 0.2) is 0 Å². The van der Waals surface area contributed by atoms with Gasteiger partial charge >= 0.3 is 0 Å². The van der Waals surface area contributed by atoms with E-state index in [2.05, 4.69) is 0 Å². The first-order valence-corrected chi connectivity index (χ1v) is 9.58. The third kappa shape index (κ3) is 4.29. The number of benzene rings is 2. The average molecular weight is 426 g/mol. The summed E-state index contributed by atoms with van der Waals surface area (Å²) in [5, 5.41) is 0.0851. The summed E-state index contributed by atoms with van der Waals surface area (Å²) in [5.74, 6) is -0.531. The van der Waals surface area contributed by atoms with Gasteiger partial charge in [0.2, 0.25) is 0 Å². The molecule has 27 heavy (non-hydrogen) atoms. The Balaban J connectivity index is 1.83. The zero-order valence-electron chi connectivity index (χ0n) is 14.2. The van der Waals surface area contributed by atoms with Crippen molar-refractivity contribution < 1.29 is 18.7 Å². The number of ether oxygens (including phenoxy) is 1. The summed E-state index contributed by atoms with van der Waals surface area (Å²) < 4.78 is 19.3. The highest BCUT2D eigenvalue weighted by molar-refractivity contribution is 8.18. The minimum atomic E-state index is -0.566. The molecular formula is C19H14Cl2FNO3S. The molecular weight excluding hydrogens is 412 g/mol. The maximum Gasteiger partial charge on any atom is 0.293 e. The lowest BCUT2D eigenvalue weighted by Gasteiger charge is -2.14. The van der Waals surface area contributed by atoms with Crippen molar-refractivity contribution in [3.05, 3.63) is 68.3 Å². The number of halogens is 3. The van der Waals surface area contributed by atoms with Crippen molar-refractivity contribution in [2.45, 2.75) is 13.5 Å². The van der Waals surface area contributed by atoms with E-state index in [9.17, 15) is 14.0 Å². The SMILES string of the molecule is CCOc1ccc(/C=C2\SC(=O)N(Cc3c(F)cccc3Cl)C2=O)cc1Cl. The van der Waals surface area contributed by atoms with Crippen molar-refractivity contribution in [2.24, 2.45) is 0 Å². The minimum Gasteiger partial charge on any atom is -0.492 e. The molecule has 8 heteroatoms. The van der Waals surface area contributed by atoms with Gasteiger partial charge < -0.3 is 4.74 Å². The van der Waals surface area contributed by atoms with E-state index in [1.807, 2.05) is 6.92 Å². The molecule has 2 aromatic carbocycles. The summed E-state index contributed by atoms with van der Waals surface area (Å²) in [7, 11) is 0. The van der Waals surface area contributed by atoms with Gasteiger partial charge in [0.25, 0.3) is 11.1 Å². The lowest BCUT2D eigenvalue weighted by molar-refractivity contribution is -0.123. The molecule has 0 saturated carbocycles. The highest BCUT2D eigenvalue weighted by Crippen LogP contribution is 2.35. The van der Waals surface area contributed by atoms with Crippen LogP contribution in [0.15, 0.2) is 41.3 Å². The second kappa shape index (κ2) is 8.33. The van der Waals surface area contributed by atoms with Crippen LogP contribution in [0.2, 0.25) is 10.0 Å². The highest BCUT2D eigenvalue weighted by Gasteiger charge is 2.35. The predicted molar refractivity (Wildman–Crippen MR) is 106 cm³/mol. The Kier molecular flexibility index (Phi) is 6.09. The van der Waals surface area contributed by atoms with Crippen LogP contribution in [0, 0.1) is 5.82 Å². The molecule has 0 radical (unpaired) electrons. The van der Waals surface area contributed by atoms with Crippen LogP contribution >= 0.6 is 35.0 Å². The van der Waals surface area contributed by atoms with Gasteiger partial charge in [-0.3, -0.25) is 14.5 Å². The zero-order valence-corrected chi connectivity index (χ0v) is 16.5. The quantitative estimate of drug-likeness (QED) is 0.570. The van der Waals surface area contributed by atoms with Crippen molar-refractivity contribution >= 4 is 52.2 Å². The van der Waals surface area contributed by atoms with E-state index in [0.29, 0.717) is 22.9 Å². The van der Waals surface area contributed by atoms with Gasteiger partial charge in [0.1, 0.15) is 11.6 Å². The summed E-state index contributed by atoms with van der Waals surface area (Å²) in [4.78, 5) is 26.0. The zero-order chi connectivity index (χ0) is 19.6. The minimum absolute atomic E-state index is 0.104. The largest absolute Gasteiger partial charge is 0.492 e. The van der Waals surface area contributed by atoms with E-state index in [1.165, 1.54) is 18.2 Å². The fourth-order valence-corrected chi connectivity index (χ4v) is 3.81. The lowest BCUT2D eigenvalue weighted by Crippen LogP contribution is -2.28. The van der Waals surface area contributed by atoms with E-state index in [4.69, 9.17) is 27.9 Å². The van der Waals surface area contributed by atoms with Crippen LogP contribution in [0.5, 0.6) is 5.75 Å². The number of carbonyl (C=O) groups excluding carboxylic acids is 2. The van der Waals surface area contributed by atoms with Crippen LogP contribution in [0.25, 0.3) is 6.08 Å². The number of thioether (sulfide) groups is 1. The Morgan fingerprint density at radius 2 is 1.96 bits per heavy atom. The van der Waals surface area contributed by atoms with E-state index in [0.717, 1.165) is 16.7 Å². The van der Waals surface area contributed by atoms with Crippen LogP contribution < -0.4 is 4.74 Å². The van der Waals surface area contributed by atoms with Crippen LogP contribution in [0.4, 0.5) is 9.18 Å². The van der Waals surface area contributed by atoms with Crippen molar-refractivity contribution in [3.63, 3.8) is 0 Å². The molecule has 1 fully saturated rings. The lowest BCUT2D eigenvalue weighted by atomic mass is 10.2. The van der Waals surface area contributed by atoms with Crippen LogP contribution in [0.1, 0.15) is 18.1 Å². The molecule has 3 rings (SSSR count). The Morgan fingerprint density at radius 1 is 1.19 bits per heavy atom. The van der Waals surface area contributed by atoms with Crippen LogP contribution in [-0.2, 0) is 11.3 Å². The summed E-state index contributed by atoms with van der Waals surface area (Å²) >= 11 is 12.9. The molecule has 0 bridgehead atoms. The molecule has 0 aromatic heterocycles. The number of carbonyl (C=O) groups is 2. The summed E-state index contributed by atoms with van der Waals surface area (Å²) in [5.41, 5.74) is 0.754. The Bertz CT molecular complexity index is 928. The fourth-order valence-electron chi connectivity index (χ4n) is 2.51. The topological polar surface area (TPSA) is 46.6 Å². The number of imide groups is 1. The van der Waals surface area contributed by atoms with Gasteiger partial charge in [0.05, 0.1) is 23.1 Å². The van der Waals surface area contributed by atoms with Crippen LogP contribution in [-0.4, -0.2) is 22.7 Å². The maximum absolute atomic E-state index is 14.0. The molecule has 0 N–H and O–H groups in total. The molecule has 4 nitrogen and oxygen atoms in total. The second-order valence-corrected chi connectivity index (χ2v) is 7.40. The smallest absolute Gasteiger partial charge is 0.293 e. The third-order valence-electron chi connectivity index (χ3n) is 3.81. The molecule has 1 saturated heterocycles. The van der Waals surface area contributed by atoms with E-state index >= 15 is 0 Å². The van der Waals surface area contributed by atoms with Gasteiger partial charge in [-0.2, -0.15) is 0 Å². The van der Waals surface area contributed by atoms with Gasteiger partial charge in [-0.1, -0.05) is 35.3 Å². The first-order valence-electron chi connectivity index (χ1n) is 8.01. The highest BCUT2D eigenvalue weighted by atomic mass is 35.5. The summed E-state index contributed by atoms with van der Waals surface area (Å²) in [6.07, 6.45) is 1.56. The fraction of sp³-hybridized carbons (Fsp3) is 0.158. The van der Waals surface area contributed by atoms with Gasteiger partial charge in [-0.25, -0.2) is 4.39 Å². The number of hydrogen-bond donors (Lipinski definition) is 0. The van der Waals surface area contributed by atoms with Gasteiger partial charge in [-0.15, -0.1) is 0 Å². The van der Waals surface area contributed by atoms with E-state index in [-0.39, 0.29) is 22.0 Å².